The van der Waals surface area contributed by atoms with Crippen molar-refractivity contribution in [2.75, 3.05) is 0 Å². The van der Waals surface area contributed by atoms with Gasteiger partial charge in [0.25, 0.3) is 5.56 Å². The molecule has 1 heterocycles. The highest BCUT2D eigenvalue weighted by Crippen LogP contribution is 2.19. The Balaban J connectivity index is 3.13. The first-order valence-corrected chi connectivity index (χ1v) is 4.74. The van der Waals surface area contributed by atoms with Crippen LogP contribution in [0.1, 0.15) is 16.7 Å². The van der Waals surface area contributed by atoms with Crippen LogP contribution in [0, 0.1) is 20.8 Å². The van der Waals surface area contributed by atoms with Crippen LogP contribution < -0.4 is 11.2 Å². The fraction of sp³-hybridized carbons (Fsp3) is 0.273. The summed E-state index contributed by atoms with van der Waals surface area (Å²) in [5, 5.41) is 0.567. The zero-order valence-corrected chi connectivity index (χ0v) is 8.89. The van der Waals surface area contributed by atoms with E-state index in [-0.39, 0.29) is 5.56 Å². The maximum Gasteiger partial charge on any atom is 0.326 e. The van der Waals surface area contributed by atoms with E-state index in [2.05, 4.69) is 9.97 Å². The Bertz CT molecular complexity index is 650. The Labute approximate surface area is 86.0 Å². The van der Waals surface area contributed by atoms with Gasteiger partial charge in [0, 0.05) is 0 Å². The normalized spacial score (nSPS) is 10.9. The highest BCUT2D eigenvalue weighted by Gasteiger charge is 2.08. The third-order valence-corrected chi connectivity index (χ3v) is 2.86. The first-order valence-electron chi connectivity index (χ1n) is 4.74. The third-order valence-electron chi connectivity index (χ3n) is 2.86. The average molecular weight is 204 g/mol. The number of fused-ring (bicyclic) bond motifs is 1. The number of H-pyrrole nitrogens is 2. The third kappa shape index (κ3) is 1.38. The molecule has 1 aromatic carbocycles. The first kappa shape index (κ1) is 9.71. The van der Waals surface area contributed by atoms with E-state index in [4.69, 9.17) is 0 Å². The summed E-state index contributed by atoms with van der Waals surface area (Å²) in [5.74, 6) is 0. The smallest absolute Gasteiger partial charge is 0.307 e. The summed E-state index contributed by atoms with van der Waals surface area (Å²) in [5.41, 5.74) is 2.89. The van der Waals surface area contributed by atoms with Crippen LogP contribution in [0.4, 0.5) is 0 Å². The minimum Gasteiger partial charge on any atom is -0.307 e. The van der Waals surface area contributed by atoms with E-state index in [1.54, 1.807) is 0 Å². The molecular formula is C11H12N2O2. The van der Waals surface area contributed by atoms with E-state index < -0.39 is 5.69 Å². The maximum atomic E-state index is 11.6. The average Bonchev–Trinajstić information content (AvgIpc) is 2.13. The van der Waals surface area contributed by atoms with Gasteiger partial charge in [-0.2, -0.15) is 0 Å². The molecule has 0 aliphatic rings. The van der Waals surface area contributed by atoms with E-state index in [0.717, 1.165) is 16.7 Å². The minimum absolute atomic E-state index is 0.325. The van der Waals surface area contributed by atoms with Crippen molar-refractivity contribution in [1.29, 1.82) is 0 Å². The Morgan fingerprint density at radius 2 is 1.67 bits per heavy atom. The molecule has 78 valence electrons. The van der Waals surface area contributed by atoms with Gasteiger partial charge in [-0.05, 0) is 43.5 Å². The molecule has 0 radical (unpaired) electrons. The predicted octanol–water partition coefficient (Wildman–Crippen LogP) is 1.14. The van der Waals surface area contributed by atoms with Crippen molar-refractivity contribution in [2.24, 2.45) is 0 Å². The summed E-state index contributed by atoms with van der Waals surface area (Å²) in [6.07, 6.45) is 0. The Kier molecular flexibility index (Phi) is 2.00. The van der Waals surface area contributed by atoms with Crippen LogP contribution in [0.5, 0.6) is 0 Å². The van der Waals surface area contributed by atoms with Crippen LogP contribution in [0.25, 0.3) is 10.9 Å². The van der Waals surface area contributed by atoms with Crippen LogP contribution in [-0.4, -0.2) is 9.97 Å². The van der Waals surface area contributed by atoms with Gasteiger partial charge in [0.15, 0.2) is 0 Å². The number of aromatic nitrogens is 2. The van der Waals surface area contributed by atoms with Gasteiger partial charge in [0.1, 0.15) is 0 Å². The molecule has 2 aromatic rings. The molecule has 0 aliphatic carbocycles. The summed E-state index contributed by atoms with van der Waals surface area (Å²) in [7, 11) is 0. The van der Waals surface area contributed by atoms with E-state index >= 15 is 0 Å². The van der Waals surface area contributed by atoms with Gasteiger partial charge in [-0.1, -0.05) is 0 Å². The van der Waals surface area contributed by atoms with E-state index in [0.29, 0.717) is 10.9 Å². The standard InChI is InChI=1S/C11H12N2O2/c1-5-4-8-9(7(3)6(5)2)10(14)13-11(15)12-8/h4H,1-3H3,(H2,12,13,14,15). The summed E-state index contributed by atoms with van der Waals surface area (Å²) < 4.78 is 0. The number of hydrogen-bond acceptors (Lipinski definition) is 2. The van der Waals surface area contributed by atoms with Gasteiger partial charge in [-0.25, -0.2) is 4.79 Å². The molecule has 1 aromatic heterocycles. The molecule has 0 bridgehead atoms. The Morgan fingerprint density at radius 3 is 2.33 bits per heavy atom. The second-order valence-electron chi connectivity index (χ2n) is 3.77. The number of aromatic amines is 2. The van der Waals surface area contributed by atoms with Crippen LogP contribution in [-0.2, 0) is 0 Å². The van der Waals surface area contributed by atoms with E-state index in [9.17, 15) is 9.59 Å². The summed E-state index contributed by atoms with van der Waals surface area (Å²) in [6.45, 7) is 5.81. The predicted molar refractivity (Wildman–Crippen MR) is 59.4 cm³/mol. The molecule has 0 amide bonds. The number of rotatable bonds is 0. The molecule has 4 nitrogen and oxygen atoms in total. The second-order valence-corrected chi connectivity index (χ2v) is 3.77. The Hall–Kier alpha value is -1.84. The molecule has 2 N–H and O–H groups in total. The van der Waals surface area contributed by atoms with Gasteiger partial charge in [-0.3, -0.25) is 9.78 Å². The first-order chi connectivity index (χ1) is 7.00. The quantitative estimate of drug-likeness (QED) is 0.675. The lowest BCUT2D eigenvalue weighted by Crippen LogP contribution is -2.22. The molecule has 0 spiro atoms. The van der Waals surface area contributed by atoms with Crippen LogP contribution in [0.15, 0.2) is 15.7 Å². The largest absolute Gasteiger partial charge is 0.326 e. The molecule has 15 heavy (non-hydrogen) atoms. The molecule has 0 saturated carbocycles. The molecule has 0 atom stereocenters. The summed E-state index contributed by atoms with van der Waals surface area (Å²) in [6, 6.07) is 1.83. The summed E-state index contributed by atoms with van der Waals surface area (Å²) in [4.78, 5) is 27.6. The van der Waals surface area contributed by atoms with Gasteiger partial charge in [-0.15, -0.1) is 0 Å². The van der Waals surface area contributed by atoms with Crippen molar-refractivity contribution in [1.82, 2.24) is 9.97 Å². The van der Waals surface area contributed by atoms with Crippen LogP contribution >= 0.6 is 0 Å². The molecule has 2 rings (SSSR count). The maximum absolute atomic E-state index is 11.6. The number of hydrogen-bond donors (Lipinski definition) is 2. The van der Waals surface area contributed by atoms with Crippen molar-refractivity contribution in [3.63, 3.8) is 0 Å². The number of aryl methyl sites for hydroxylation is 2. The van der Waals surface area contributed by atoms with Crippen molar-refractivity contribution < 1.29 is 0 Å². The van der Waals surface area contributed by atoms with E-state index in [1.165, 1.54) is 0 Å². The minimum atomic E-state index is -0.463. The van der Waals surface area contributed by atoms with Crippen molar-refractivity contribution >= 4 is 10.9 Å². The summed E-state index contributed by atoms with van der Waals surface area (Å²) >= 11 is 0. The zero-order chi connectivity index (χ0) is 11.2. The molecule has 0 saturated heterocycles. The number of benzene rings is 1. The number of nitrogens with one attached hydrogen (secondary N) is 2. The van der Waals surface area contributed by atoms with Gasteiger partial charge in [0.05, 0.1) is 10.9 Å². The molecule has 0 aliphatic heterocycles. The fourth-order valence-electron chi connectivity index (χ4n) is 1.79. The van der Waals surface area contributed by atoms with Gasteiger partial charge in [0.2, 0.25) is 0 Å². The lowest BCUT2D eigenvalue weighted by Gasteiger charge is -2.07. The van der Waals surface area contributed by atoms with Crippen LogP contribution in [0.3, 0.4) is 0 Å². The van der Waals surface area contributed by atoms with Crippen molar-refractivity contribution in [2.45, 2.75) is 20.8 Å². The zero-order valence-electron chi connectivity index (χ0n) is 8.89. The monoisotopic (exact) mass is 204 g/mol. The second kappa shape index (κ2) is 3.08. The highest BCUT2D eigenvalue weighted by atomic mass is 16.2. The molecule has 0 fully saturated rings. The van der Waals surface area contributed by atoms with Gasteiger partial charge < -0.3 is 4.98 Å². The highest BCUT2D eigenvalue weighted by molar-refractivity contribution is 5.83. The topological polar surface area (TPSA) is 65.7 Å². The molecule has 4 heteroatoms. The van der Waals surface area contributed by atoms with Gasteiger partial charge >= 0.3 is 5.69 Å². The Morgan fingerprint density at radius 1 is 1.00 bits per heavy atom. The fourth-order valence-corrected chi connectivity index (χ4v) is 1.79. The van der Waals surface area contributed by atoms with Crippen molar-refractivity contribution in [3.05, 3.63) is 43.6 Å². The molecule has 0 unspecified atom stereocenters. The molecular weight excluding hydrogens is 192 g/mol. The van der Waals surface area contributed by atoms with E-state index in [1.807, 2.05) is 26.8 Å². The van der Waals surface area contributed by atoms with Crippen molar-refractivity contribution in [3.8, 4) is 0 Å². The van der Waals surface area contributed by atoms with Crippen LogP contribution in [0.2, 0.25) is 0 Å². The lowest BCUT2D eigenvalue weighted by atomic mass is 10.0. The lowest BCUT2D eigenvalue weighted by molar-refractivity contribution is 1.07. The SMILES string of the molecule is Cc1cc2[nH]c(=O)[nH]c(=O)c2c(C)c1C.